The van der Waals surface area contributed by atoms with Crippen LogP contribution in [0.1, 0.15) is 22.6 Å². The van der Waals surface area contributed by atoms with Crippen LogP contribution in [-0.2, 0) is 0 Å². The second-order valence-corrected chi connectivity index (χ2v) is 11.2. The maximum atomic E-state index is 4.56. The highest BCUT2D eigenvalue weighted by atomic mass is 15.0. The van der Waals surface area contributed by atoms with Gasteiger partial charge in [0.2, 0.25) is 0 Å². The molecular weight excluding hydrogens is 508 g/mol. The molecule has 0 saturated carbocycles. The third-order valence-electron chi connectivity index (χ3n) is 8.95. The van der Waals surface area contributed by atoms with E-state index in [2.05, 4.69) is 149 Å². The molecule has 0 N–H and O–H groups in total. The van der Waals surface area contributed by atoms with Crippen molar-refractivity contribution in [2.75, 3.05) is 0 Å². The average molecular weight is 535 g/mol. The van der Waals surface area contributed by atoms with Gasteiger partial charge in [-0.25, -0.2) is 0 Å². The van der Waals surface area contributed by atoms with Crippen LogP contribution in [-0.4, -0.2) is 9.55 Å². The van der Waals surface area contributed by atoms with Crippen LogP contribution < -0.4 is 0 Å². The number of hydrogen-bond acceptors (Lipinski definition) is 1. The lowest BCUT2D eigenvalue weighted by atomic mass is 9.88. The minimum Gasteiger partial charge on any atom is -0.309 e. The summed E-state index contributed by atoms with van der Waals surface area (Å²) >= 11 is 0. The highest BCUT2D eigenvalue weighted by Crippen LogP contribution is 2.51. The predicted octanol–water partition coefficient (Wildman–Crippen LogP) is 10.2. The Morgan fingerprint density at radius 2 is 1.33 bits per heavy atom. The van der Waals surface area contributed by atoms with E-state index in [1.54, 1.807) is 0 Å². The largest absolute Gasteiger partial charge is 0.309 e. The van der Waals surface area contributed by atoms with Gasteiger partial charge in [-0.15, -0.1) is 0 Å². The molecule has 0 fully saturated rings. The molecule has 2 nitrogen and oxygen atoms in total. The molecule has 0 radical (unpaired) electrons. The van der Waals surface area contributed by atoms with E-state index in [9.17, 15) is 0 Å². The van der Waals surface area contributed by atoms with Gasteiger partial charge >= 0.3 is 0 Å². The molecule has 0 amide bonds. The van der Waals surface area contributed by atoms with Crippen LogP contribution in [0.3, 0.4) is 0 Å². The second kappa shape index (κ2) is 9.02. The first-order valence-corrected chi connectivity index (χ1v) is 14.5. The van der Waals surface area contributed by atoms with Gasteiger partial charge in [-0.2, -0.15) is 0 Å². The van der Waals surface area contributed by atoms with Gasteiger partial charge in [0.1, 0.15) is 0 Å². The van der Waals surface area contributed by atoms with Crippen LogP contribution in [0.15, 0.2) is 152 Å². The van der Waals surface area contributed by atoms with Crippen LogP contribution in [0.2, 0.25) is 0 Å². The summed E-state index contributed by atoms with van der Waals surface area (Å²) in [6.07, 6.45) is 3.97. The number of nitrogens with zero attached hydrogens (tertiary/aromatic N) is 2. The molecule has 9 rings (SSSR count). The quantitative estimate of drug-likeness (QED) is 0.220. The highest BCUT2D eigenvalue weighted by molar-refractivity contribution is 6.11. The molecule has 2 heteroatoms. The van der Waals surface area contributed by atoms with Crippen molar-refractivity contribution in [2.24, 2.45) is 0 Å². The molecule has 1 atom stereocenters. The molecule has 2 heterocycles. The fourth-order valence-electron chi connectivity index (χ4n) is 7.12. The molecule has 2 aromatic heterocycles. The normalized spacial score (nSPS) is 14.0. The zero-order chi connectivity index (χ0) is 27.6. The lowest BCUT2D eigenvalue weighted by Crippen LogP contribution is -1.98. The molecule has 0 bridgehead atoms. The van der Waals surface area contributed by atoms with Gasteiger partial charge < -0.3 is 4.57 Å². The summed E-state index contributed by atoms with van der Waals surface area (Å²) in [5, 5.41) is 5.03. The summed E-state index contributed by atoms with van der Waals surface area (Å²) in [5.74, 6) is 0.206. The first-order chi connectivity index (χ1) is 20.8. The van der Waals surface area contributed by atoms with E-state index < -0.39 is 0 Å². The number of rotatable bonds is 3. The number of hydrogen-bond donors (Lipinski definition) is 0. The zero-order valence-corrected chi connectivity index (χ0v) is 22.9. The number of fused-ring (bicyclic) bond motifs is 7. The van der Waals surface area contributed by atoms with Gasteiger partial charge in [0.15, 0.2) is 0 Å². The third-order valence-corrected chi connectivity index (χ3v) is 8.95. The molecule has 0 spiro atoms. The van der Waals surface area contributed by atoms with Crippen molar-refractivity contribution in [2.45, 2.75) is 5.92 Å². The topological polar surface area (TPSA) is 17.8 Å². The van der Waals surface area contributed by atoms with E-state index >= 15 is 0 Å². The predicted molar refractivity (Wildman–Crippen MR) is 174 cm³/mol. The molecule has 1 aliphatic carbocycles. The first-order valence-electron chi connectivity index (χ1n) is 14.5. The molecule has 42 heavy (non-hydrogen) atoms. The van der Waals surface area contributed by atoms with Gasteiger partial charge in [-0.05, 0) is 80.6 Å². The lowest BCUT2D eigenvalue weighted by Gasteiger charge is -2.15. The van der Waals surface area contributed by atoms with E-state index in [0.29, 0.717) is 0 Å². The van der Waals surface area contributed by atoms with E-state index in [1.807, 2.05) is 12.4 Å². The van der Waals surface area contributed by atoms with Crippen molar-refractivity contribution in [3.05, 3.63) is 169 Å². The molecule has 1 aliphatic rings. The van der Waals surface area contributed by atoms with Crippen molar-refractivity contribution < 1.29 is 0 Å². The molecular formula is C40H26N2. The summed E-state index contributed by atoms with van der Waals surface area (Å²) in [4.78, 5) is 4.56. The maximum absolute atomic E-state index is 4.56. The second-order valence-electron chi connectivity index (χ2n) is 11.2. The van der Waals surface area contributed by atoms with Gasteiger partial charge in [0.05, 0.1) is 11.0 Å². The van der Waals surface area contributed by atoms with Crippen molar-refractivity contribution in [3.63, 3.8) is 0 Å². The van der Waals surface area contributed by atoms with Crippen LogP contribution >= 0.6 is 0 Å². The monoisotopic (exact) mass is 534 g/mol. The Morgan fingerprint density at radius 3 is 2.26 bits per heavy atom. The van der Waals surface area contributed by atoms with Gasteiger partial charge in [-0.3, -0.25) is 4.98 Å². The summed E-state index contributed by atoms with van der Waals surface area (Å²) in [6.45, 7) is 0. The van der Waals surface area contributed by atoms with Crippen LogP contribution in [0.4, 0.5) is 0 Å². The molecule has 0 aliphatic heterocycles. The van der Waals surface area contributed by atoms with Crippen molar-refractivity contribution in [3.8, 4) is 27.9 Å². The van der Waals surface area contributed by atoms with E-state index in [0.717, 1.165) is 0 Å². The SMILES string of the molecule is c1ccc(C2c3ccncc3-c3c(-c4ccc5c(c4)c4ccccc4n5-c4ccc5ccccc5c4)cccc32)cc1. The lowest BCUT2D eigenvalue weighted by molar-refractivity contribution is 1.01. The number of aromatic nitrogens is 2. The summed E-state index contributed by atoms with van der Waals surface area (Å²) in [7, 11) is 0. The van der Waals surface area contributed by atoms with E-state index in [4.69, 9.17) is 0 Å². The van der Waals surface area contributed by atoms with Crippen molar-refractivity contribution in [1.29, 1.82) is 0 Å². The van der Waals surface area contributed by atoms with Gasteiger partial charge in [0.25, 0.3) is 0 Å². The number of benzene rings is 6. The Labute approximate surface area is 244 Å². The summed E-state index contributed by atoms with van der Waals surface area (Å²) in [6, 6.07) is 50.9. The minimum absolute atomic E-state index is 0.206. The molecule has 1 unspecified atom stereocenters. The van der Waals surface area contributed by atoms with Gasteiger partial charge in [0, 0.05) is 40.3 Å². The fraction of sp³-hybridized carbons (Fsp3) is 0.0250. The Morgan fingerprint density at radius 1 is 0.524 bits per heavy atom. The Balaban J connectivity index is 1.27. The maximum Gasteiger partial charge on any atom is 0.0541 e. The smallest absolute Gasteiger partial charge is 0.0541 e. The van der Waals surface area contributed by atoms with Crippen LogP contribution in [0, 0.1) is 0 Å². The van der Waals surface area contributed by atoms with Crippen molar-refractivity contribution in [1.82, 2.24) is 9.55 Å². The Hall–Kier alpha value is -5.47. The Bertz CT molecular complexity index is 2310. The summed E-state index contributed by atoms with van der Waals surface area (Å²) in [5.41, 5.74) is 12.6. The first kappa shape index (κ1) is 23.3. The van der Waals surface area contributed by atoms with Crippen LogP contribution in [0.5, 0.6) is 0 Å². The fourth-order valence-corrected chi connectivity index (χ4v) is 7.12. The number of para-hydroxylation sites is 1. The third kappa shape index (κ3) is 3.36. The molecule has 196 valence electrons. The molecule has 0 saturated heterocycles. The average Bonchev–Trinajstić information content (AvgIpc) is 3.58. The standard InChI is InChI=1S/C40H26N2/c1-2-10-27(11-3-1)39-33-21-22-41-25-36(33)40-31(14-8-15-34(39)40)29-18-20-38-35(24-29)32-13-6-7-16-37(32)42(38)30-19-17-26-9-4-5-12-28(26)23-30/h1-25,39H. The van der Waals surface area contributed by atoms with E-state index in [1.165, 1.54) is 77.2 Å². The highest BCUT2D eigenvalue weighted by Gasteiger charge is 2.32. The molecule has 6 aromatic carbocycles. The van der Waals surface area contributed by atoms with Crippen LogP contribution in [0.25, 0.3) is 60.5 Å². The number of pyridine rings is 1. The van der Waals surface area contributed by atoms with E-state index in [-0.39, 0.29) is 5.92 Å². The minimum atomic E-state index is 0.206. The van der Waals surface area contributed by atoms with Crippen molar-refractivity contribution >= 4 is 32.6 Å². The van der Waals surface area contributed by atoms with Gasteiger partial charge in [-0.1, -0.05) is 103 Å². The zero-order valence-electron chi connectivity index (χ0n) is 22.9. The molecule has 8 aromatic rings. The Kier molecular flexibility index (Phi) is 4.99. The summed E-state index contributed by atoms with van der Waals surface area (Å²) < 4.78 is 2.40.